The molecule has 0 aliphatic rings. The van der Waals surface area contributed by atoms with Crippen LogP contribution >= 0.6 is 15.9 Å². The van der Waals surface area contributed by atoms with E-state index in [-0.39, 0.29) is 0 Å². The summed E-state index contributed by atoms with van der Waals surface area (Å²) in [6, 6.07) is 8.15. The number of hydrogen-bond acceptors (Lipinski definition) is 0. The van der Waals surface area contributed by atoms with Crippen molar-refractivity contribution in [3.63, 3.8) is 0 Å². The average Bonchev–Trinajstić information content (AvgIpc) is 2.15. The van der Waals surface area contributed by atoms with E-state index >= 15 is 0 Å². The van der Waals surface area contributed by atoms with Gasteiger partial charge in [0, 0.05) is 4.47 Å². The molecule has 0 radical (unpaired) electrons. The molecule has 1 aromatic rings. The zero-order valence-electron chi connectivity index (χ0n) is 9.39. The third-order valence-corrected chi connectivity index (χ3v) is 1.97. The van der Waals surface area contributed by atoms with E-state index in [1.54, 1.807) is 0 Å². The molecule has 13 heavy (non-hydrogen) atoms. The largest absolute Gasteiger partial charge is 0.0683 e. The van der Waals surface area contributed by atoms with Crippen molar-refractivity contribution >= 4 is 15.9 Å². The minimum absolute atomic E-state index is 1.18. The minimum Gasteiger partial charge on any atom is -0.0683 e. The van der Waals surface area contributed by atoms with Gasteiger partial charge in [-0.15, -0.1) is 0 Å². The van der Waals surface area contributed by atoms with Gasteiger partial charge < -0.3 is 0 Å². The van der Waals surface area contributed by atoms with Crippen molar-refractivity contribution in [3.8, 4) is 0 Å². The summed E-state index contributed by atoms with van der Waals surface area (Å²) >= 11 is 3.40. The average molecular weight is 245 g/mol. The van der Waals surface area contributed by atoms with Gasteiger partial charge in [0.15, 0.2) is 0 Å². The van der Waals surface area contributed by atoms with Crippen molar-refractivity contribution in [1.29, 1.82) is 0 Å². The summed E-state index contributed by atoms with van der Waals surface area (Å²) in [5, 5.41) is 0. The molecule has 0 aliphatic carbocycles. The monoisotopic (exact) mass is 244 g/mol. The van der Waals surface area contributed by atoms with Crippen LogP contribution < -0.4 is 0 Å². The second kappa shape index (κ2) is 11.7. The Bertz CT molecular complexity index is 173. The molecule has 0 N–H and O–H groups in total. The SMILES string of the molecule is CC.CCC.Cc1ccccc1Br. The van der Waals surface area contributed by atoms with E-state index < -0.39 is 0 Å². The van der Waals surface area contributed by atoms with Crippen LogP contribution in [0.3, 0.4) is 0 Å². The van der Waals surface area contributed by atoms with Gasteiger partial charge in [0.25, 0.3) is 0 Å². The van der Waals surface area contributed by atoms with Crippen LogP contribution in [0.5, 0.6) is 0 Å². The molecular formula is C12H21Br. The van der Waals surface area contributed by atoms with E-state index in [9.17, 15) is 0 Å². The van der Waals surface area contributed by atoms with Gasteiger partial charge in [0.1, 0.15) is 0 Å². The van der Waals surface area contributed by atoms with Crippen molar-refractivity contribution in [2.45, 2.75) is 41.0 Å². The van der Waals surface area contributed by atoms with Crippen LogP contribution in [0.4, 0.5) is 0 Å². The standard InChI is InChI=1S/C7H7Br.C3H8.C2H6/c1-6-4-2-3-5-7(6)8;1-3-2;1-2/h2-5H,1H3;3H2,1-2H3;1-2H3. The molecule has 0 aliphatic heterocycles. The molecule has 0 saturated heterocycles. The first-order chi connectivity index (χ1) is 6.22. The summed E-state index contributed by atoms with van der Waals surface area (Å²) < 4.78 is 1.18. The highest BCUT2D eigenvalue weighted by Gasteiger charge is 1.86. The Labute approximate surface area is 91.5 Å². The number of halogens is 1. The molecule has 0 amide bonds. The zero-order chi connectivity index (χ0) is 10.7. The normalized spacial score (nSPS) is 7.54. The van der Waals surface area contributed by atoms with Crippen molar-refractivity contribution in [3.05, 3.63) is 34.3 Å². The molecule has 0 bridgehead atoms. The molecule has 0 unspecified atom stereocenters. The lowest BCUT2D eigenvalue weighted by molar-refractivity contribution is 1.09. The molecule has 0 aromatic heterocycles. The Morgan fingerprint density at radius 1 is 1.08 bits per heavy atom. The van der Waals surface area contributed by atoms with Crippen LogP contribution in [0, 0.1) is 6.92 Å². The molecule has 1 aromatic carbocycles. The molecule has 1 heteroatoms. The smallest absolute Gasteiger partial charge is 0.0204 e. The highest BCUT2D eigenvalue weighted by atomic mass is 79.9. The van der Waals surface area contributed by atoms with Gasteiger partial charge in [-0.3, -0.25) is 0 Å². The summed E-state index contributed by atoms with van der Waals surface area (Å²) in [4.78, 5) is 0. The van der Waals surface area contributed by atoms with E-state index in [1.807, 2.05) is 32.0 Å². The van der Waals surface area contributed by atoms with Gasteiger partial charge in [0.2, 0.25) is 0 Å². The summed E-state index contributed by atoms with van der Waals surface area (Å²) in [5.41, 5.74) is 1.28. The molecular weight excluding hydrogens is 224 g/mol. The van der Waals surface area contributed by atoms with E-state index in [1.165, 1.54) is 16.5 Å². The highest BCUT2D eigenvalue weighted by Crippen LogP contribution is 2.13. The molecule has 1 rings (SSSR count). The van der Waals surface area contributed by atoms with E-state index in [2.05, 4.69) is 42.8 Å². The van der Waals surface area contributed by atoms with E-state index in [4.69, 9.17) is 0 Å². The summed E-state index contributed by atoms with van der Waals surface area (Å²) in [7, 11) is 0. The lowest BCUT2D eigenvalue weighted by atomic mass is 10.2. The van der Waals surface area contributed by atoms with Crippen LogP contribution in [0.1, 0.15) is 39.7 Å². The Morgan fingerprint density at radius 3 is 1.69 bits per heavy atom. The summed E-state index contributed by atoms with van der Waals surface area (Å²) in [6.07, 6.45) is 1.25. The second-order valence-corrected chi connectivity index (χ2v) is 3.31. The summed E-state index contributed by atoms with van der Waals surface area (Å²) in [6.45, 7) is 10.3. The molecule has 0 fully saturated rings. The quantitative estimate of drug-likeness (QED) is 0.589. The van der Waals surface area contributed by atoms with E-state index in [0.717, 1.165) is 0 Å². The topological polar surface area (TPSA) is 0 Å². The Balaban J connectivity index is 0. The number of rotatable bonds is 0. The lowest BCUT2D eigenvalue weighted by Gasteiger charge is -1.91. The number of aryl methyl sites for hydroxylation is 1. The van der Waals surface area contributed by atoms with Crippen LogP contribution in [0.25, 0.3) is 0 Å². The first-order valence-corrected chi connectivity index (χ1v) is 5.72. The minimum atomic E-state index is 1.18. The Kier molecular flexibility index (Phi) is 13.7. The third kappa shape index (κ3) is 9.62. The number of benzene rings is 1. The maximum Gasteiger partial charge on any atom is 0.0204 e. The fourth-order valence-corrected chi connectivity index (χ4v) is 0.836. The maximum absolute atomic E-state index is 3.40. The van der Waals surface area contributed by atoms with Crippen molar-refractivity contribution in [2.24, 2.45) is 0 Å². The predicted octanol–water partition coefficient (Wildman–Crippen LogP) is 5.20. The van der Waals surface area contributed by atoms with Gasteiger partial charge >= 0.3 is 0 Å². The van der Waals surface area contributed by atoms with Gasteiger partial charge in [-0.05, 0) is 18.6 Å². The van der Waals surface area contributed by atoms with Crippen LogP contribution in [-0.2, 0) is 0 Å². The van der Waals surface area contributed by atoms with Crippen molar-refractivity contribution in [1.82, 2.24) is 0 Å². The maximum atomic E-state index is 3.40. The molecule has 0 saturated carbocycles. The van der Waals surface area contributed by atoms with Crippen molar-refractivity contribution < 1.29 is 0 Å². The van der Waals surface area contributed by atoms with Gasteiger partial charge in [-0.25, -0.2) is 0 Å². The van der Waals surface area contributed by atoms with Gasteiger partial charge in [-0.2, -0.15) is 0 Å². The molecule has 0 atom stereocenters. The molecule has 0 nitrogen and oxygen atoms in total. The molecule has 76 valence electrons. The van der Waals surface area contributed by atoms with Gasteiger partial charge in [-0.1, -0.05) is 68.2 Å². The highest BCUT2D eigenvalue weighted by molar-refractivity contribution is 9.10. The Hall–Kier alpha value is -0.300. The fraction of sp³-hybridized carbons (Fsp3) is 0.500. The van der Waals surface area contributed by atoms with E-state index in [0.29, 0.717) is 0 Å². The Morgan fingerprint density at radius 2 is 1.46 bits per heavy atom. The summed E-state index contributed by atoms with van der Waals surface area (Å²) in [5.74, 6) is 0. The zero-order valence-corrected chi connectivity index (χ0v) is 11.0. The predicted molar refractivity (Wildman–Crippen MR) is 66.2 cm³/mol. The first-order valence-electron chi connectivity index (χ1n) is 4.93. The third-order valence-electron chi connectivity index (χ3n) is 1.08. The first kappa shape index (κ1) is 15.2. The number of hydrogen-bond donors (Lipinski definition) is 0. The van der Waals surface area contributed by atoms with Crippen LogP contribution in [-0.4, -0.2) is 0 Å². The van der Waals surface area contributed by atoms with Crippen LogP contribution in [0.2, 0.25) is 0 Å². The van der Waals surface area contributed by atoms with Crippen molar-refractivity contribution in [2.75, 3.05) is 0 Å². The fourth-order valence-electron chi connectivity index (χ4n) is 0.551. The molecule has 0 spiro atoms. The molecule has 0 heterocycles. The second-order valence-electron chi connectivity index (χ2n) is 2.46. The lowest BCUT2D eigenvalue weighted by Crippen LogP contribution is -1.69. The van der Waals surface area contributed by atoms with Gasteiger partial charge in [0.05, 0.1) is 0 Å². The van der Waals surface area contributed by atoms with Crippen LogP contribution in [0.15, 0.2) is 28.7 Å².